The van der Waals surface area contributed by atoms with Crippen LogP contribution in [0.2, 0.25) is 0 Å². The number of aromatic nitrogens is 4. The number of aryl methyl sites for hydroxylation is 1. The molecule has 1 rings (SSSR count). The Balaban J connectivity index is 2.43. The van der Waals surface area contributed by atoms with Crippen molar-refractivity contribution < 1.29 is 23.1 Å². The molecular weight excluding hydrogens is 281 g/mol. The van der Waals surface area contributed by atoms with Crippen LogP contribution in [-0.4, -0.2) is 48.3 Å². The number of hydrogen-bond acceptors (Lipinski definition) is 6. The smallest absolute Gasteiger partial charge is 0.441 e. The molecule has 0 atom stereocenters. The Labute approximate surface area is 102 Å². The summed E-state index contributed by atoms with van der Waals surface area (Å²) in [6.07, 6.45) is 0. The number of hydrogen-bond donors (Lipinski definition) is 1. The molecule has 0 amide bonds. The van der Waals surface area contributed by atoms with E-state index in [2.05, 4.69) is 15.5 Å². The molecule has 0 spiro atoms. The zero-order valence-corrected chi connectivity index (χ0v) is 9.85. The number of aliphatic carboxylic acids is 1. The van der Waals surface area contributed by atoms with Gasteiger partial charge in [0.2, 0.25) is 5.16 Å². The first-order valence-corrected chi connectivity index (χ1v) is 6.17. The fraction of sp³-hybridized carbons (Fsp3) is 0.667. The third-order valence-electron chi connectivity index (χ3n) is 1.39. The van der Waals surface area contributed by atoms with Crippen LogP contribution >= 0.6 is 23.5 Å². The Morgan fingerprint density at radius 1 is 1.47 bits per heavy atom. The summed E-state index contributed by atoms with van der Waals surface area (Å²) in [5, 5.41) is 18.9. The van der Waals surface area contributed by atoms with Gasteiger partial charge in [0.25, 0.3) is 0 Å². The van der Waals surface area contributed by atoms with E-state index in [9.17, 15) is 18.0 Å². The van der Waals surface area contributed by atoms with Gasteiger partial charge in [0.1, 0.15) is 0 Å². The first-order valence-electron chi connectivity index (χ1n) is 4.20. The van der Waals surface area contributed by atoms with E-state index < -0.39 is 11.5 Å². The van der Waals surface area contributed by atoms with Gasteiger partial charge in [-0.05, 0) is 22.2 Å². The van der Waals surface area contributed by atoms with Crippen LogP contribution in [0.5, 0.6) is 0 Å². The van der Waals surface area contributed by atoms with E-state index in [-0.39, 0.29) is 35.0 Å². The number of rotatable bonds is 6. The Bertz CT molecular complexity index is 384. The third kappa shape index (κ3) is 5.77. The summed E-state index contributed by atoms with van der Waals surface area (Å²) in [5.41, 5.74) is -4.29. The highest BCUT2D eigenvalue weighted by Crippen LogP contribution is 2.30. The highest BCUT2D eigenvalue weighted by atomic mass is 32.2. The summed E-state index contributed by atoms with van der Waals surface area (Å²) in [7, 11) is 0. The molecule has 0 aliphatic rings. The second-order valence-corrected chi connectivity index (χ2v) is 4.76. The van der Waals surface area contributed by atoms with Gasteiger partial charge in [0.05, 0.1) is 12.3 Å². The molecule has 0 radical (unpaired) electrons. The van der Waals surface area contributed by atoms with Crippen molar-refractivity contribution in [3.05, 3.63) is 0 Å². The zero-order chi connectivity index (χ0) is 12.9. The number of carboxylic acids is 1. The fourth-order valence-corrected chi connectivity index (χ4v) is 1.93. The molecular formula is C6H7F3N4O2S2. The largest absolute Gasteiger partial charge is 0.481 e. The van der Waals surface area contributed by atoms with Crippen LogP contribution < -0.4 is 0 Å². The van der Waals surface area contributed by atoms with E-state index in [0.29, 0.717) is 0 Å². The topological polar surface area (TPSA) is 80.9 Å². The van der Waals surface area contributed by atoms with Crippen molar-refractivity contribution >= 4 is 29.5 Å². The van der Waals surface area contributed by atoms with Gasteiger partial charge in [0, 0.05) is 5.75 Å². The van der Waals surface area contributed by atoms with Gasteiger partial charge in [-0.15, -0.1) is 5.10 Å². The maximum atomic E-state index is 11.9. The van der Waals surface area contributed by atoms with Crippen LogP contribution in [-0.2, 0) is 11.3 Å². The highest BCUT2D eigenvalue weighted by molar-refractivity contribution is 8.00. The molecule has 1 heterocycles. The molecule has 0 saturated heterocycles. The summed E-state index contributed by atoms with van der Waals surface area (Å²) in [6, 6.07) is 0. The van der Waals surface area contributed by atoms with Crippen LogP contribution in [0.4, 0.5) is 13.2 Å². The zero-order valence-electron chi connectivity index (χ0n) is 8.22. The number of nitrogens with zero attached hydrogens (tertiary/aromatic N) is 4. The van der Waals surface area contributed by atoms with Gasteiger partial charge in [-0.3, -0.25) is 4.79 Å². The first kappa shape index (κ1) is 14.1. The Kier molecular flexibility index (Phi) is 5.05. The summed E-state index contributed by atoms with van der Waals surface area (Å²) in [4.78, 5) is 10.3. The van der Waals surface area contributed by atoms with Crippen LogP contribution in [0, 0.1) is 0 Å². The van der Waals surface area contributed by atoms with Gasteiger partial charge >= 0.3 is 11.5 Å². The van der Waals surface area contributed by atoms with Gasteiger partial charge in [-0.1, -0.05) is 11.8 Å². The van der Waals surface area contributed by atoms with E-state index in [1.165, 1.54) is 0 Å². The van der Waals surface area contributed by atoms with Crippen molar-refractivity contribution in [1.29, 1.82) is 0 Å². The number of halogens is 3. The van der Waals surface area contributed by atoms with Crippen molar-refractivity contribution in [2.45, 2.75) is 17.2 Å². The monoisotopic (exact) mass is 288 g/mol. The van der Waals surface area contributed by atoms with Crippen LogP contribution in [0.15, 0.2) is 5.16 Å². The molecule has 0 aliphatic carbocycles. The molecule has 1 aromatic rings. The Hall–Kier alpha value is -0.970. The summed E-state index contributed by atoms with van der Waals surface area (Å²) < 4.78 is 36.7. The number of carboxylic acid groups (broad SMARTS) is 1. The van der Waals surface area contributed by atoms with Gasteiger partial charge in [-0.2, -0.15) is 13.2 Å². The molecule has 0 aromatic carbocycles. The van der Waals surface area contributed by atoms with Gasteiger partial charge in [-0.25, -0.2) is 4.68 Å². The lowest BCUT2D eigenvalue weighted by Gasteiger charge is -2.05. The number of tetrazole rings is 1. The molecule has 0 bridgehead atoms. The predicted octanol–water partition coefficient (Wildman–Crippen LogP) is 1.10. The molecule has 1 aromatic heterocycles. The van der Waals surface area contributed by atoms with Gasteiger partial charge in [0.15, 0.2) is 0 Å². The van der Waals surface area contributed by atoms with E-state index in [1.807, 2.05) is 0 Å². The SMILES string of the molecule is O=C(O)CSc1nnnn1CCSC(F)(F)F. The lowest BCUT2D eigenvalue weighted by Crippen LogP contribution is -2.10. The molecule has 0 aliphatic heterocycles. The normalized spacial score (nSPS) is 11.7. The third-order valence-corrected chi connectivity index (χ3v) is 3.05. The molecule has 0 saturated carbocycles. The summed E-state index contributed by atoms with van der Waals surface area (Å²) in [5.74, 6) is -1.52. The molecule has 0 unspecified atom stereocenters. The standard InChI is InChI=1S/C6H7F3N4O2S2/c7-6(8,9)17-2-1-13-5(10-11-12-13)16-3-4(14)15/h1-3H2,(H,14,15). The Morgan fingerprint density at radius 3 is 2.76 bits per heavy atom. The quantitative estimate of drug-likeness (QED) is 0.785. The molecule has 96 valence electrons. The fourth-order valence-electron chi connectivity index (χ4n) is 0.814. The van der Waals surface area contributed by atoms with Crippen LogP contribution in [0.1, 0.15) is 0 Å². The lowest BCUT2D eigenvalue weighted by atomic mass is 10.8. The van der Waals surface area contributed by atoms with E-state index >= 15 is 0 Å². The maximum absolute atomic E-state index is 11.9. The lowest BCUT2D eigenvalue weighted by molar-refractivity contribution is -0.133. The minimum absolute atomic E-state index is 0.0286. The molecule has 0 fully saturated rings. The van der Waals surface area contributed by atoms with Crippen molar-refractivity contribution in [1.82, 2.24) is 20.2 Å². The summed E-state index contributed by atoms with van der Waals surface area (Å²) >= 11 is 0.679. The van der Waals surface area contributed by atoms with Gasteiger partial charge < -0.3 is 5.11 Å². The highest BCUT2D eigenvalue weighted by Gasteiger charge is 2.27. The van der Waals surface area contributed by atoms with Crippen LogP contribution in [0.25, 0.3) is 0 Å². The minimum atomic E-state index is -4.29. The van der Waals surface area contributed by atoms with E-state index in [1.54, 1.807) is 0 Å². The molecule has 11 heteroatoms. The molecule has 6 nitrogen and oxygen atoms in total. The number of alkyl halides is 3. The van der Waals surface area contributed by atoms with E-state index in [0.717, 1.165) is 16.4 Å². The van der Waals surface area contributed by atoms with Crippen molar-refractivity contribution in [3.8, 4) is 0 Å². The second-order valence-electron chi connectivity index (χ2n) is 2.66. The van der Waals surface area contributed by atoms with Crippen molar-refractivity contribution in [2.24, 2.45) is 0 Å². The van der Waals surface area contributed by atoms with Crippen LogP contribution in [0.3, 0.4) is 0 Å². The maximum Gasteiger partial charge on any atom is 0.441 e. The predicted molar refractivity (Wildman–Crippen MR) is 54.7 cm³/mol. The molecule has 1 N–H and O–H groups in total. The second kappa shape index (κ2) is 6.10. The first-order chi connectivity index (χ1) is 7.88. The average molecular weight is 288 g/mol. The molecule has 17 heavy (non-hydrogen) atoms. The number of carbonyl (C=O) groups is 1. The Morgan fingerprint density at radius 2 is 2.18 bits per heavy atom. The minimum Gasteiger partial charge on any atom is -0.481 e. The van der Waals surface area contributed by atoms with Crippen molar-refractivity contribution in [2.75, 3.05) is 11.5 Å². The van der Waals surface area contributed by atoms with Crippen molar-refractivity contribution in [3.63, 3.8) is 0 Å². The summed E-state index contributed by atoms with van der Waals surface area (Å²) in [6.45, 7) is -0.0286. The number of thioether (sulfide) groups is 2. The average Bonchev–Trinajstić information content (AvgIpc) is 2.60. The van der Waals surface area contributed by atoms with E-state index in [4.69, 9.17) is 5.11 Å².